The van der Waals surface area contributed by atoms with Crippen LogP contribution < -0.4 is 21.3 Å². The first-order valence-corrected chi connectivity index (χ1v) is 17.2. The van der Waals surface area contributed by atoms with Gasteiger partial charge in [-0.05, 0) is 65.0 Å². The minimum atomic E-state index is -1.40. The van der Waals surface area contributed by atoms with E-state index in [9.17, 15) is 24.0 Å². The summed E-state index contributed by atoms with van der Waals surface area (Å²) in [6.45, 7) is 19.0. The molecule has 0 aliphatic heterocycles. The zero-order valence-corrected chi connectivity index (χ0v) is 27.0. The second-order valence-electron chi connectivity index (χ2n) is 12.3. The first-order chi connectivity index (χ1) is 18.3. The summed E-state index contributed by atoms with van der Waals surface area (Å²) in [6, 6.07) is -1.19. The predicted molar refractivity (Wildman–Crippen MR) is 155 cm³/mol. The molecular formula is C27H50N4O8Si. The minimum Gasteiger partial charge on any atom is -0.467 e. The lowest BCUT2D eigenvalue weighted by Gasteiger charge is -2.24. The molecule has 0 heterocycles. The lowest BCUT2D eigenvalue weighted by molar-refractivity contribution is -0.144. The van der Waals surface area contributed by atoms with Crippen molar-refractivity contribution in [3.05, 3.63) is 11.3 Å². The molecule has 0 aromatic carbocycles. The number of hydrogen-bond acceptors (Lipinski definition) is 8. The summed E-state index contributed by atoms with van der Waals surface area (Å²) in [5, 5.41) is 10.4. The summed E-state index contributed by atoms with van der Waals surface area (Å²) in [6.07, 6.45) is -0.790. The molecule has 12 nitrogen and oxygen atoms in total. The number of esters is 1. The van der Waals surface area contributed by atoms with Crippen molar-refractivity contribution in [2.45, 2.75) is 105 Å². The molecule has 0 aromatic rings. The normalized spacial score (nSPS) is 12.9. The fourth-order valence-electron chi connectivity index (χ4n) is 3.20. The highest BCUT2D eigenvalue weighted by molar-refractivity contribution is 6.76. The van der Waals surface area contributed by atoms with Gasteiger partial charge in [-0.2, -0.15) is 0 Å². The largest absolute Gasteiger partial charge is 0.467 e. The van der Waals surface area contributed by atoms with Crippen LogP contribution in [-0.2, 0) is 28.6 Å². The van der Waals surface area contributed by atoms with E-state index in [1.165, 1.54) is 7.11 Å². The fraction of sp³-hybridized carbons (Fsp3) is 0.741. The van der Waals surface area contributed by atoms with Gasteiger partial charge in [0.15, 0.2) is 0 Å². The van der Waals surface area contributed by atoms with Crippen molar-refractivity contribution in [2.75, 3.05) is 20.3 Å². The van der Waals surface area contributed by atoms with E-state index in [1.54, 1.807) is 48.5 Å². The summed E-state index contributed by atoms with van der Waals surface area (Å²) < 4.78 is 15.2. The molecule has 40 heavy (non-hydrogen) atoms. The zero-order valence-electron chi connectivity index (χ0n) is 26.0. The van der Waals surface area contributed by atoms with Gasteiger partial charge in [-0.25, -0.2) is 14.4 Å². The molecule has 0 radical (unpaired) electrons. The first kappa shape index (κ1) is 36.9. The molecule has 13 heteroatoms. The molecule has 4 amide bonds. The Morgan fingerprint density at radius 2 is 1.52 bits per heavy atom. The Bertz CT molecular complexity index is 918. The van der Waals surface area contributed by atoms with E-state index in [0.29, 0.717) is 12.0 Å². The van der Waals surface area contributed by atoms with Gasteiger partial charge < -0.3 is 35.5 Å². The molecule has 0 bridgehead atoms. The van der Waals surface area contributed by atoms with E-state index < -0.39 is 55.7 Å². The Morgan fingerprint density at radius 1 is 0.925 bits per heavy atom. The summed E-state index contributed by atoms with van der Waals surface area (Å²) in [5.74, 6) is -2.26. The predicted octanol–water partition coefficient (Wildman–Crippen LogP) is 3.45. The average Bonchev–Trinajstić information content (AvgIpc) is 2.79. The third kappa shape index (κ3) is 16.1. The number of carbonyl (C=O) groups is 5. The summed E-state index contributed by atoms with van der Waals surface area (Å²) in [5.41, 5.74) is -0.206. The number of allylic oxidation sites excluding steroid dienone is 1. The molecule has 230 valence electrons. The average molecular weight is 587 g/mol. The van der Waals surface area contributed by atoms with Crippen LogP contribution in [0.5, 0.6) is 0 Å². The molecule has 4 N–H and O–H groups in total. The molecule has 0 saturated carbocycles. The minimum absolute atomic E-state index is 0.0506. The van der Waals surface area contributed by atoms with Crippen molar-refractivity contribution in [2.24, 2.45) is 5.92 Å². The molecule has 0 rings (SSSR count). The van der Waals surface area contributed by atoms with Crippen molar-refractivity contribution < 1.29 is 38.2 Å². The quantitative estimate of drug-likeness (QED) is 0.0791. The fourth-order valence-corrected chi connectivity index (χ4v) is 3.91. The number of rotatable bonds is 14. The summed E-state index contributed by atoms with van der Waals surface area (Å²) in [7, 11) is -0.196. The maximum absolute atomic E-state index is 13.1. The Morgan fingerprint density at radius 3 is 2.00 bits per heavy atom. The Hall–Kier alpha value is -3.09. The number of methoxy groups -OCH3 is 1. The van der Waals surface area contributed by atoms with Crippen molar-refractivity contribution in [3.63, 3.8) is 0 Å². The van der Waals surface area contributed by atoms with Crippen molar-refractivity contribution in [1.29, 1.82) is 0 Å². The number of hydrogen-bond donors (Lipinski definition) is 4. The van der Waals surface area contributed by atoms with Crippen LogP contribution in [0.25, 0.3) is 0 Å². The molecule has 0 aliphatic carbocycles. The third-order valence-electron chi connectivity index (χ3n) is 5.41. The Labute approximate surface area is 239 Å². The molecular weight excluding hydrogens is 536 g/mol. The molecule has 0 aliphatic rings. The van der Waals surface area contributed by atoms with E-state index in [0.717, 1.165) is 6.04 Å². The molecule has 0 aromatic heterocycles. The van der Waals surface area contributed by atoms with Crippen LogP contribution in [0.4, 0.5) is 9.59 Å². The number of nitrogens with one attached hydrogen (secondary N) is 4. The van der Waals surface area contributed by atoms with Gasteiger partial charge >= 0.3 is 18.2 Å². The van der Waals surface area contributed by atoms with Crippen LogP contribution in [0, 0.1) is 5.92 Å². The van der Waals surface area contributed by atoms with Gasteiger partial charge in [0.1, 0.15) is 23.4 Å². The maximum atomic E-state index is 13.1. The Balaban J connectivity index is 5.27. The first-order valence-electron chi connectivity index (χ1n) is 13.5. The number of ether oxygens (including phenoxy) is 3. The highest BCUT2D eigenvalue weighted by atomic mass is 28.3. The van der Waals surface area contributed by atoms with E-state index >= 15 is 0 Å². The zero-order chi connectivity index (χ0) is 31.3. The third-order valence-corrected chi connectivity index (χ3v) is 7.12. The number of alkyl carbamates (subject to hydrolysis) is 2. The second-order valence-corrected chi connectivity index (χ2v) is 17.9. The van der Waals surface area contributed by atoms with Gasteiger partial charge in [0.05, 0.1) is 13.7 Å². The molecule has 2 atom stereocenters. The lowest BCUT2D eigenvalue weighted by Crippen LogP contribution is -2.52. The van der Waals surface area contributed by atoms with E-state index in [-0.39, 0.29) is 31.2 Å². The maximum Gasteiger partial charge on any atom is 0.407 e. The highest BCUT2D eigenvalue weighted by Gasteiger charge is 2.29. The van der Waals surface area contributed by atoms with Crippen molar-refractivity contribution in [3.8, 4) is 0 Å². The van der Waals surface area contributed by atoms with Crippen molar-refractivity contribution in [1.82, 2.24) is 21.3 Å². The second kappa shape index (κ2) is 16.9. The molecule has 0 saturated heterocycles. The van der Waals surface area contributed by atoms with Crippen LogP contribution in [-0.4, -0.2) is 76.0 Å². The van der Waals surface area contributed by atoms with Gasteiger partial charge in [-0.15, -0.1) is 0 Å². The van der Waals surface area contributed by atoms with Gasteiger partial charge in [0.25, 0.3) is 5.91 Å². The van der Waals surface area contributed by atoms with E-state index in [1.807, 2.05) is 0 Å². The monoisotopic (exact) mass is 586 g/mol. The molecule has 0 unspecified atom stereocenters. The van der Waals surface area contributed by atoms with Gasteiger partial charge in [-0.1, -0.05) is 33.5 Å². The molecule has 0 spiro atoms. The lowest BCUT2D eigenvalue weighted by atomic mass is 10.0. The topological polar surface area (TPSA) is 161 Å². The summed E-state index contributed by atoms with van der Waals surface area (Å²) >= 11 is 0. The SMILES string of the molecule is COC(=O)[C@@H](CCCNC(=O)OC(C)(C)C)NC(=O)C(NC(=O)[C@@H](NC(=O)OCC[Si](C)(C)C)C(C)C)=C(C)C. The van der Waals surface area contributed by atoms with E-state index in [2.05, 4.69) is 40.9 Å². The smallest absolute Gasteiger partial charge is 0.407 e. The standard InChI is InChI=1S/C27H50N4O8Si/c1-17(2)20(30-23(33)21(18(3)4)31-26(36)38-15-16-40(9,10)11)22(32)29-19(24(34)37-8)13-12-14-28-25(35)39-27(5,6)7/h18-19,21H,12-16H2,1-11H3,(H,28,35)(H,29,32)(H,30,33)(H,31,36)/t19-,21+/m1/s1. The van der Waals surface area contributed by atoms with Crippen LogP contribution in [0.2, 0.25) is 25.7 Å². The van der Waals surface area contributed by atoms with Gasteiger partial charge in [-0.3, -0.25) is 9.59 Å². The van der Waals surface area contributed by atoms with Crippen molar-refractivity contribution >= 4 is 38.0 Å². The van der Waals surface area contributed by atoms with Crippen LogP contribution in [0.1, 0.15) is 61.3 Å². The highest BCUT2D eigenvalue weighted by Crippen LogP contribution is 2.10. The van der Waals surface area contributed by atoms with Crippen LogP contribution in [0.15, 0.2) is 11.3 Å². The number of carbonyl (C=O) groups excluding carboxylic acids is 5. The van der Waals surface area contributed by atoms with Gasteiger partial charge in [0, 0.05) is 14.6 Å². The Kier molecular flexibility index (Phi) is 15.6. The van der Waals surface area contributed by atoms with E-state index in [4.69, 9.17) is 14.2 Å². The van der Waals surface area contributed by atoms with Crippen LogP contribution >= 0.6 is 0 Å². The van der Waals surface area contributed by atoms with Crippen LogP contribution in [0.3, 0.4) is 0 Å². The molecule has 0 fully saturated rings. The number of amides is 4. The van der Waals surface area contributed by atoms with Gasteiger partial charge in [0.2, 0.25) is 5.91 Å². The summed E-state index contributed by atoms with van der Waals surface area (Å²) in [4.78, 5) is 62.7.